The molecule has 0 saturated carbocycles. The standard InChI is InChI=1S/C12H23N7O2/c1-12(2,3)21-11(20)16-7-6-15-10-18-8-17-9(19-10)14-5-4-13/h8H,4-7,13H2,1-3H3,(H,16,20)(H2,14,15,17,18,19). The average molecular weight is 297 g/mol. The summed E-state index contributed by atoms with van der Waals surface area (Å²) in [4.78, 5) is 23.5. The molecule has 1 rings (SSSR count). The van der Waals surface area contributed by atoms with Crippen molar-refractivity contribution in [3.05, 3.63) is 6.33 Å². The third-order valence-electron chi connectivity index (χ3n) is 2.08. The van der Waals surface area contributed by atoms with Crippen molar-refractivity contribution in [2.75, 3.05) is 36.8 Å². The second kappa shape index (κ2) is 8.20. The molecule has 118 valence electrons. The summed E-state index contributed by atoms with van der Waals surface area (Å²) in [6, 6.07) is 0. The molecule has 1 aromatic rings. The second-order valence-electron chi connectivity index (χ2n) is 5.20. The molecule has 21 heavy (non-hydrogen) atoms. The molecule has 9 nitrogen and oxygen atoms in total. The highest BCUT2D eigenvalue weighted by atomic mass is 16.6. The molecule has 1 heterocycles. The Balaban J connectivity index is 2.28. The van der Waals surface area contributed by atoms with Crippen molar-refractivity contribution < 1.29 is 9.53 Å². The van der Waals surface area contributed by atoms with E-state index in [-0.39, 0.29) is 0 Å². The van der Waals surface area contributed by atoms with E-state index in [0.29, 0.717) is 38.1 Å². The lowest BCUT2D eigenvalue weighted by Gasteiger charge is -2.19. The number of amides is 1. The lowest BCUT2D eigenvalue weighted by Crippen LogP contribution is -2.35. The van der Waals surface area contributed by atoms with Gasteiger partial charge in [-0.1, -0.05) is 0 Å². The summed E-state index contributed by atoms with van der Waals surface area (Å²) >= 11 is 0. The quantitative estimate of drug-likeness (QED) is 0.525. The minimum Gasteiger partial charge on any atom is -0.444 e. The van der Waals surface area contributed by atoms with Crippen molar-refractivity contribution in [3.8, 4) is 0 Å². The molecule has 0 saturated heterocycles. The van der Waals surface area contributed by atoms with Crippen LogP contribution < -0.4 is 21.7 Å². The fourth-order valence-corrected chi connectivity index (χ4v) is 1.30. The monoisotopic (exact) mass is 297 g/mol. The fourth-order valence-electron chi connectivity index (χ4n) is 1.30. The second-order valence-corrected chi connectivity index (χ2v) is 5.20. The Morgan fingerprint density at radius 2 is 1.81 bits per heavy atom. The molecule has 5 N–H and O–H groups in total. The molecule has 0 atom stereocenters. The van der Waals surface area contributed by atoms with Crippen LogP contribution in [0.2, 0.25) is 0 Å². The van der Waals surface area contributed by atoms with Gasteiger partial charge in [-0.25, -0.2) is 14.8 Å². The Labute approximate surface area is 124 Å². The number of hydrogen-bond acceptors (Lipinski definition) is 8. The minimum atomic E-state index is -0.505. The summed E-state index contributed by atoms with van der Waals surface area (Å²) in [6.45, 7) is 7.38. The fraction of sp³-hybridized carbons (Fsp3) is 0.667. The number of alkyl carbamates (subject to hydrolysis) is 1. The van der Waals surface area contributed by atoms with Gasteiger partial charge in [-0.05, 0) is 20.8 Å². The van der Waals surface area contributed by atoms with Gasteiger partial charge in [-0.15, -0.1) is 0 Å². The van der Waals surface area contributed by atoms with Crippen LogP contribution in [0.25, 0.3) is 0 Å². The topological polar surface area (TPSA) is 127 Å². The molecule has 0 aliphatic rings. The maximum atomic E-state index is 11.4. The van der Waals surface area contributed by atoms with E-state index in [1.807, 2.05) is 20.8 Å². The van der Waals surface area contributed by atoms with Crippen LogP contribution in [0.5, 0.6) is 0 Å². The molecule has 0 spiro atoms. The average Bonchev–Trinajstić information content (AvgIpc) is 2.40. The van der Waals surface area contributed by atoms with Crippen molar-refractivity contribution in [1.82, 2.24) is 20.3 Å². The summed E-state index contributed by atoms with van der Waals surface area (Å²) < 4.78 is 5.11. The molecule has 0 aromatic carbocycles. The molecule has 9 heteroatoms. The first-order chi connectivity index (χ1) is 9.90. The highest BCUT2D eigenvalue weighted by molar-refractivity contribution is 5.67. The Kier molecular flexibility index (Phi) is 6.60. The molecular weight excluding hydrogens is 274 g/mol. The first kappa shape index (κ1) is 16.9. The number of rotatable bonds is 7. The zero-order valence-electron chi connectivity index (χ0n) is 12.6. The van der Waals surface area contributed by atoms with Gasteiger partial charge in [0.15, 0.2) is 0 Å². The van der Waals surface area contributed by atoms with Crippen molar-refractivity contribution in [1.29, 1.82) is 0 Å². The van der Waals surface area contributed by atoms with Gasteiger partial charge >= 0.3 is 6.09 Å². The number of nitrogens with one attached hydrogen (secondary N) is 3. The Morgan fingerprint density at radius 1 is 1.19 bits per heavy atom. The van der Waals surface area contributed by atoms with Crippen LogP contribution in [0.3, 0.4) is 0 Å². The third kappa shape index (κ3) is 7.88. The first-order valence-corrected chi connectivity index (χ1v) is 6.74. The van der Waals surface area contributed by atoms with Crippen LogP contribution in [-0.2, 0) is 4.74 Å². The van der Waals surface area contributed by atoms with Crippen molar-refractivity contribution >= 4 is 18.0 Å². The number of carbonyl (C=O) groups is 1. The van der Waals surface area contributed by atoms with Gasteiger partial charge in [0.2, 0.25) is 11.9 Å². The van der Waals surface area contributed by atoms with Gasteiger partial charge in [-0.3, -0.25) is 0 Å². The van der Waals surface area contributed by atoms with Crippen LogP contribution in [0.1, 0.15) is 20.8 Å². The third-order valence-corrected chi connectivity index (χ3v) is 2.08. The molecule has 0 fully saturated rings. The molecule has 1 amide bonds. The van der Waals surface area contributed by atoms with E-state index in [1.54, 1.807) is 0 Å². The van der Waals surface area contributed by atoms with Gasteiger partial charge in [0, 0.05) is 26.2 Å². The van der Waals surface area contributed by atoms with Crippen LogP contribution in [0.4, 0.5) is 16.7 Å². The molecule has 0 aliphatic heterocycles. The largest absolute Gasteiger partial charge is 0.444 e. The summed E-state index contributed by atoms with van der Waals surface area (Å²) in [5, 5.41) is 8.56. The number of ether oxygens (including phenoxy) is 1. The van der Waals surface area contributed by atoms with Crippen molar-refractivity contribution in [2.45, 2.75) is 26.4 Å². The summed E-state index contributed by atoms with van der Waals surface area (Å²) in [5.74, 6) is 0.883. The SMILES string of the molecule is CC(C)(C)OC(=O)NCCNc1ncnc(NCCN)n1. The van der Waals surface area contributed by atoms with E-state index >= 15 is 0 Å². The molecule has 0 aliphatic carbocycles. The zero-order valence-corrected chi connectivity index (χ0v) is 12.6. The Morgan fingerprint density at radius 3 is 2.38 bits per heavy atom. The maximum absolute atomic E-state index is 11.4. The van der Waals surface area contributed by atoms with Gasteiger partial charge in [0.25, 0.3) is 0 Å². The van der Waals surface area contributed by atoms with Gasteiger partial charge < -0.3 is 26.4 Å². The summed E-state index contributed by atoms with van der Waals surface area (Å²) in [6.07, 6.45) is 0.945. The van der Waals surface area contributed by atoms with Crippen LogP contribution in [-0.4, -0.2) is 52.8 Å². The highest BCUT2D eigenvalue weighted by Gasteiger charge is 2.15. The Bertz CT molecular complexity index is 447. The van der Waals surface area contributed by atoms with Crippen LogP contribution in [0, 0.1) is 0 Å². The molecule has 0 bridgehead atoms. The van der Waals surface area contributed by atoms with Crippen LogP contribution >= 0.6 is 0 Å². The molecule has 0 unspecified atom stereocenters. The molecule has 0 radical (unpaired) electrons. The number of nitrogens with zero attached hydrogens (tertiary/aromatic N) is 3. The summed E-state index contributed by atoms with van der Waals surface area (Å²) in [5.41, 5.74) is 4.88. The number of hydrogen-bond donors (Lipinski definition) is 4. The van der Waals surface area contributed by atoms with E-state index in [9.17, 15) is 4.79 Å². The van der Waals surface area contributed by atoms with E-state index < -0.39 is 11.7 Å². The lowest BCUT2D eigenvalue weighted by atomic mass is 10.2. The van der Waals surface area contributed by atoms with Crippen LogP contribution in [0.15, 0.2) is 6.33 Å². The van der Waals surface area contributed by atoms with Crippen molar-refractivity contribution in [2.24, 2.45) is 5.73 Å². The Hall–Kier alpha value is -2.16. The van der Waals surface area contributed by atoms with Gasteiger partial charge in [-0.2, -0.15) is 4.98 Å². The molecular formula is C12H23N7O2. The first-order valence-electron chi connectivity index (χ1n) is 6.74. The lowest BCUT2D eigenvalue weighted by molar-refractivity contribution is 0.0530. The van der Waals surface area contributed by atoms with E-state index in [1.165, 1.54) is 6.33 Å². The maximum Gasteiger partial charge on any atom is 0.407 e. The summed E-state index contributed by atoms with van der Waals surface area (Å²) in [7, 11) is 0. The number of aromatic nitrogens is 3. The van der Waals surface area contributed by atoms with E-state index in [0.717, 1.165) is 0 Å². The van der Waals surface area contributed by atoms with Crippen molar-refractivity contribution in [3.63, 3.8) is 0 Å². The normalized spacial score (nSPS) is 10.9. The van der Waals surface area contributed by atoms with E-state index in [2.05, 4.69) is 30.9 Å². The van der Waals surface area contributed by atoms with E-state index in [4.69, 9.17) is 10.5 Å². The smallest absolute Gasteiger partial charge is 0.407 e. The minimum absolute atomic E-state index is 0.395. The zero-order chi connectivity index (χ0) is 15.7. The predicted molar refractivity (Wildman–Crippen MR) is 80.1 cm³/mol. The number of carbonyl (C=O) groups excluding carboxylic acids is 1. The van der Waals surface area contributed by atoms with Gasteiger partial charge in [0.1, 0.15) is 11.9 Å². The number of anilines is 2. The molecule has 1 aromatic heterocycles. The highest BCUT2D eigenvalue weighted by Crippen LogP contribution is 2.06. The number of nitrogens with two attached hydrogens (primary N) is 1. The predicted octanol–water partition coefficient (Wildman–Crippen LogP) is 0.179. The van der Waals surface area contributed by atoms with Gasteiger partial charge in [0.05, 0.1) is 0 Å².